The van der Waals surface area contributed by atoms with Crippen molar-refractivity contribution in [1.29, 1.82) is 0 Å². The smallest absolute Gasteiger partial charge is 0.268 e. The molecule has 4 rings (SSSR count). The third kappa shape index (κ3) is 3.10. The fourth-order valence-electron chi connectivity index (χ4n) is 2.70. The van der Waals surface area contributed by atoms with Gasteiger partial charge in [0.15, 0.2) is 0 Å². The third-order valence-corrected chi connectivity index (χ3v) is 5.27. The summed E-state index contributed by atoms with van der Waals surface area (Å²) in [4.78, 5) is 28.7. The van der Waals surface area contributed by atoms with Gasteiger partial charge in [-0.1, -0.05) is 29.7 Å². The van der Waals surface area contributed by atoms with Gasteiger partial charge in [-0.25, -0.2) is 0 Å². The molecule has 1 aromatic carbocycles. The minimum Gasteiger partial charge on any atom is -0.349 e. The van der Waals surface area contributed by atoms with E-state index >= 15 is 0 Å². The van der Waals surface area contributed by atoms with E-state index in [1.54, 1.807) is 6.07 Å². The highest BCUT2D eigenvalue weighted by Crippen LogP contribution is 2.39. The van der Waals surface area contributed by atoms with Crippen LogP contribution in [0.1, 0.15) is 30.0 Å². The first kappa shape index (κ1) is 15.1. The first-order valence-electron chi connectivity index (χ1n) is 8.01. The van der Waals surface area contributed by atoms with Crippen molar-refractivity contribution in [2.45, 2.75) is 31.8 Å². The Balaban J connectivity index is 1.38. The molecule has 0 unspecified atom stereocenters. The summed E-state index contributed by atoms with van der Waals surface area (Å²) in [5, 5.41) is 3.49. The molecule has 0 aliphatic heterocycles. The van der Waals surface area contributed by atoms with Crippen LogP contribution in [0.15, 0.2) is 47.4 Å². The Bertz CT molecular complexity index is 939. The van der Waals surface area contributed by atoms with Crippen LogP contribution in [0.3, 0.4) is 0 Å². The lowest BCUT2D eigenvalue weighted by molar-refractivity contribution is -0.121. The molecule has 2 aromatic heterocycles. The van der Waals surface area contributed by atoms with Gasteiger partial charge in [0.2, 0.25) is 5.91 Å². The lowest BCUT2D eigenvalue weighted by Crippen LogP contribution is -2.29. The number of carbonyl (C=O) groups excluding carboxylic acids is 1. The van der Waals surface area contributed by atoms with Gasteiger partial charge >= 0.3 is 0 Å². The van der Waals surface area contributed by atoms with Gasteiger partial charge in [0, 0.05) is 6.20 Å². The standard InChI is InChI=1S/C18H17N3O2S/c22-17(11-21-18(23)15-3-1-2-4-16(15)24-21)20-10-14-8-7-13(9-19-14)12-5-6-12/h1-4,7-9,12H,5-6,10-11H2,(H,20,22). The molecule has 0 bridgehead atoms. The summed E-state index contributed by atoms with van der Waals surface area (Å²) in [6.07, 6.45) is 4.40. The fourth-order valence-corrected chi connectivity index (χ4v) is 3.69. The second-order valence-electron chi connectivity index (χ2n) is 6.06. The zero-order valence-corrected chi connectivity index (χ0v) is 13.9. The number of fused-ring (bicyclic) bond motifs is 1. The summed E-state index contributed by atoms with van der Waals surface area (Å²) in [5.41, 5.74) is 2.00. The Hall–Kier alpha value is -2.47. The summed E-state index contributed by atoms with van der Waals surface area (Å²) in [6.45, 7) is 0.418. The maximum atomic E-state index is 12.2. The lowest BCUT2D eigenvalue weighted by atomic mass is 10.2. The molecule has 0 radical (unpaired) electrons. The van der Waals surface area contributed by atoms with Gasteiger partial charge < -0.3 is 5.32 Å². The summed E-state index contributed by atoms with van der Waals surface area (Å²) in [6, 6.07) is 11.4. The topological polar surface area (TPSA) is 64.0 Å². The van der Waals surface area contributed by atoms with Crippen molar-refractivity contribution in [3.05, 3.63) is 64.2 Å². The molecular weight excluding hydrogens is 322 g/mol. The number of rotatable bonds is 5. The van der Waals surface area contributed by atoms with Crippen molar-refractivity contribution in [1.82, 2.24) is 14.3 Å². The van der Waals surface area contributed by atoms with E-state index < -0.39 is 0 Å². The van der Waals surface area contributed by atoms with Gasteiger partial charge in [-0.15, -0.1) is 0 Å². The van der Waals surface area contributed by atoms with Crippen LogP contribution in [0, 0.1) is 0 Å². The van der Waals surface area contributed by atoms with Crippen LogP contribution >= 0.6 is 11.5 Å². The molecule has 1 fully saturated rings. The van der Waals surface area contributed by atoms with Crippen LogP contribution in [-0.2, 0) is 17.9 Å². The molecule has 1 N–H and O–H groups in total. The molecule has 0 saturated heterocycles. The van der Waals surface area contributed by atoms with Gasteiger partial charge in [0.25, 0.3) is 5.56 Å². The minimum absolute atomic E-state index is 0.0400. The lowest BCUT2D eigenvalue weighted by Gasteiger charge is -2.05. The monoisotopic (exact) mass is 339 g/mol. The molecular formula is C18H17N3O2S. The number of nitrogens with one attached hydrogen (secondary N) is 1. The molecule has 1 saturated carbocycles. The Labute approximate surface area is 143 Å². The number of hydrogen-bond donors (Lipinski definition) is 1. The summed E-state index contributed by atoms with van der Waals surface area (Å²) in [7, 11) is 0. The quantitative estimate of drug-likeness (QED) is 0.777. The molecule has 3 aromatic rings. The highest BCUT2D eigenvalue weighted by molar-refractivity contribution is 7.13. The van der Waals surface area contributed by atoms with E-state index in [4.69, 9.17) is 0 Å². The molecule has 122 valence electrons. The zero-order chi connectivity index (χ0) is 16.5. The van der Waals surface area contributed by atoms with E-state index in [2.05, 4.69) is 16.4 Å². The molecule has 1 aliphatic rings. The fraction of sp³-hybridized carbons (Fsp3) is 0.278. The zero-order valence-electron chi connectivity index (χ0n) is 13.1. The Morgan fingerprint density at radius 3 is 2.79 bits per heavy atom. The van der Waals surface area contributed by atoms with E-state index in [9.17, 15) is 9.59 Å². The normalized spacial score (nSPS) is 14.0. The highest BCUT2D eigenvalue weighted by Gasteiger charge is 2.23. The van der Waals surface area contributed by atoms with Crippen LogP contribution in [0.4, 0.5) is 0 Å². The molecule has 1 amide bonds. The Morgan fingerprint density at radius 1 is 1.25 bits per heavy atom. The molecule has 6 heteroatoms. The predicted molar refractivity (Wildman–Crippen MR) is 94.1 cm³/mol. The summed E-state index contributed by atoms with van der Waals surface area (Å²) in [5.74, 6) is 0.498. The highest BCUT2D eigenvalue weighted by atomic mass is 32.1. The SMILES string of the molecule is O=C(Cn1sc2ccccc2c1=O)NCc1ccc(C2CC2)cn1. The van der Waals surface area contributed by atoms with Crippen molar-refractivity contribution in [3.63, 3.8) is 0 Å². The van der Waals surface area contributed by atoms with Gasteiger partial charge in [-0.2, -0.15) is 0 Å². The van der Waals surface area contributed by atoms with Crippen molar-refractivity contribution in [2.24, 2.45) is 0 Å². The average molecular weight is 339 g/mol. The predicted octanol–water partition coefficient (Wildman–Crippen LogP) is 2.65. The summed E-state index contributed by atoms with van der Waals surface area (Å²) < 4.78 is 2.39. The summed E-state index contributed by atoms with van der Waals surface area (Å²) >= 11 is 1.31. The first-order chi connectivity index (χ1) is 11.7. The Morgan fingerprint density at radius 2 is 2.08 bits per heavy atom. The molecule has 0 spiro atoms. The van der Waals surface area contributed by atoms with Crippen molar-refractivity contribution >= 4 is 27.5 Å². The van der Waals surface area contributed by atoms with Crippen LogP contribution in [0.25, 0.3) is 10.1 Å². The number of hydrogen-bond acceptors (Lipinski definition) is 4. The molecule has 0 atom stereocenters. The van der Waals surface area contributed by atoms with Crippen LogP contribution in [0.2, 0.25) is 0 Å². The van der Waals surface area contributed by atoms with Crippen LogP contribution in [0.5, 0.6) is 0 Å². The second-order valence-corrected chi connectivity index (χ2v) is 7.13. The number of pyridine rings is 1. The molecule has 5 nitrogen and oxygen atoms in total. The van der Waals surface area contributed by atoms with E-state index in [1.165, 1.54) is 33.9 Å². The average Bonchev–Trinajstić information content (AvgIpc) is 3.40. The van der Waals surface area contributed by atoms with Gasteiger partial charge in [-0.05, 0) is 42.5 Å². The van der Waals surface area contributed by atoms with Crippen molar-refractivity contribution < 1.29 is 4.79 Å². The van der Waals surface area contributed by atoms with Crippen LogP contribution in [-0.4, -0.2) is 14.8 Å². The largest absolute Gasteiger partial charge is 0.349 e. The number of aromatic nitrogens is 2. The molecule has 1 aliphatic carbocycles. The van der Waals surface area contributed by atoms with Gasteiger partial charge in [0.05, 0.1) is 22.3 Å². The number of benzene rings is 1. The van der Waals surface area contributed by atoms with E-state index in [-0.39, 0.29) is 18.0 Å². The van der Waals surface area contributed by atoms with E-state index in [1.807, 2.05) is 30.5 Å². The van der Waals surface area contributed by atoms with E-state index in [0.29, 0.717) is 17.8 Å². The van der Waals surface area contributed by atoms with E-state index in [0.717, 1.165) is 10.4 Å². The molecule has 2 heterocycles. The number of amides is 1. The maximum absolute atomic E-state index is 12.2. The Kier molecular flexibility index (Phi) is 3.90. The minimum atomic E-state index is -0.184. The first-order valence-corrected chi connectivity index (χ1v) is 8.78. The number of nitrogens with zero attached hydrogens (tertiary/aromatic N) is 2. The van der Waals surface area contributed by atoms with Gasteiger partial charge in [-0.3, -0.25) is 18.5 Å². The second kappa shape index (κ2) is 6.20. The van der Waals surface area contributed by atoms with Crippen molar-refractivity contribution in [2.75, 3.05) is 0 Å². The third-order valence-electron chi connectivity index (χ3n) is 4.20. The maximum Gasteiger partial charge on any atom is 0.268 e. The van der Waals surface area contributed by atoms with Crippen molar-refractivity contribution in [3.8, 4) is 0 Å². The van der Waals surface area contributed by atoms with Crippen LogP contribution < -0.4 is 10.9 Å². The van der Waals surface area contributed by atoms with Gasteiger partial charge in [0.1, 0.15) is 6.54 Å². The number of carbonyl (C=O) groups is 1. The molecule has 24 heavy (non-hydrogen) atoms.